The van der Waals surface area contributed by atoms with Crippen LogP contribution in [0.2, 0.25) is 0 Å². The van der Waals surface area contributed by atoms with Gasteiger partial charge in [-0.1, -0.05) is 0 Å². The zero-order chi connectivity index (χ0) is 10.1. The van der Waals surface area contributed by atoms with E-state index in [9.17, 15) is 0 Å². The monoisotopic (exact) mass is 192 g/mol. The maximum atomic E-state index is 5.88. The van der Waals surface area contributed by atoms with Crippen molar-refractivity contribution >= 4 is 5.95 Å². The molecular weight excluding hydrogens is 176 g/mol. The molecule has 1 aromatic rings. The molecule has 1 aliphatic carbocycles. The Morgan fingerprint density at radius 1 is 1.50 bits per heavy atom. The number of rotatable bonds is 1. The summed E-state index contributed by atoms with van der Waals surface area (Å²) in [6.45, 7) is 0. The molecule has 4 nitrogen and oxygen atoms in total. The van der Waals surface area contributed by atoms with E-state index in [0.29, 0.717) is 0 Å². The molecule has 14 heavy (non-hydrogen) atoms. The van der Waals surface area contributed by atoms with Crippen LogP contribution in [0.25, 0.3) is 0 Å². The fraction of sp³-hybridized carbons (Fsp3) is 0.600. The van der Waals surface area contributed by atoms with E-state index in [0.717, 1.165) is 25.2 Å². The van der Waals surface area contributed by atoms with Crippen LogP contribution in [0.15, 0.2) is 6.20 Å². The molecule has 1 atom stereocenters. The zero-order valence-corrected chi connectivity index (χ0v) is 8.70. The fourth-order valence-electron chi connectivity index (χ4n) is 1.74. The van der Waals surface area contributed by atoms with Crippen LogP contribution in [-0.2, 0) is 12.8 Å². The van der Waals surface area contributed by atoms with Crippen molar-refractivity contribution < 1.29 is 0 Å². The van der Waals surface area contributed by atoms with Crippen LogP contribution in [0.4, 0.5) is 5.95 Å². The molecule has 2 N–H and O–H groups in total. The van der Waals surface area contributed by atoms with Gasteiger partial charge in [0.1, 0.15) is 0 Å². The molecule has 0 bridgehead atoms. The third-order valence-electron chi connectivity index (χ3n) is 2.58. The average Bonchev–Trinajstić information content (AvgIpc) is 2.16. The first-order valence-electron chi connectivity index (χ1n) is 4.94. The van der Waals surface area contributed by atoms with Gasteiger partial charge >= 0.3 is 0 Å². The Labute approximate surface area is 84.2 Å². The van der Waals surface area contributed by atoms with Gasteiger partial charge in [0.15, 0.2) is 0 Å². The van der Waals surface area contributed by atoms with Gasteiger partial charge < -0.3 is 10.6 Å². The highest BCUT2D eigenvalue weighted by molar-refractivity contribution is 5.32. The third kappa shape index (κ3) is 1.70. The molecule has 1 aromatic heterocycles. The minimum absolute atomic E-state index is 0.288. The van der Waals surface area contributed by atoms with Crippen molar-refractivity contribution in [2.45, 2.75) is 25.3 Å². The lowest BCUT2D eigenvalue weighted by Gasteiger charge is -2.21. The molecule has 2 rings (SSSR count). The van der Waals surface area contributed by atoms with Crippen LogP contribution in [0.3, 0.4) is 0 Å². The van der Waals surface area contributed by atoms with Gasteiger partial charge in [0, 0.05) is 32.0 Å². The van der Waals surface area contributed by atoms with Crippen molar-refractivity contribution in [1.82, 2.24) is 9.97 Å². The number of anilines is 1. The van der Waals surface area contributed by atoms with Gasteiger partial charge in [-0.25, -0.2) is 9.97 Å². The Morgan fingerprint density at radius 2 is 2.29 bits per heavy atom. The maximum absolute atomic E-state index is 5.88. The van der Waals surface area contributed by atoms with Crippen LogP contribution in [0.1, 0.15) is 17.7 Å². The van der Waals surface area contributed by atoms with Gasteiger partial charge in [-0.3, -0.25) is 0 Å². The summed E-state index contributed by atoms with van der Waals surface area (Å²) in [4.78, 5) is 10.7. The number of hydrogen-bond donors (Lipinski definition) is 1. The van der Waals surface area contributed by atoms with Crippen LogP contribution in [-0.4, -0.2) is 30.1 Å². The van der Waals surface area contributed by atoms with E-state index in [1.54, 1.807) is 0 Å². The highest BCUT2D eigenvalue weighted by Gasteiger charge is 2.17. The molecule has 0 saturated carbocycles. The largest absolute Gasteiger partial charge is 0.347 e. The Kier molecular flexibility index (Phi) is 2.37. The minimum Gasteiger partial charge on any atom is -0.347 e. The summed E-state index contributed by atoms with van der Waals surface area (Å²) in [5, 5.41) is 0. The molecular formula is C10H16N4. The molecule has 0 spiro atoms. The molecule has 0 radical (unpaired) electrons. The van der Waals surface area contributed by atoms with Crippen molar-refractivity contribution in [2.24, 2.45) is 5.73 Å². The second kappa shape index (κ2) is 3.53. The van der Waals surface area contributed by atoms with Gasteiger partial charge in [0.25, 0.3) is 0 Å². The first-order chi connectivity index (χ1) is 6.66. The Hall–Kier alpha value is -1.16. The van der Waals surface area contributed by atoms with Crippen LogP contribution < -0.4 is 10.6 Å². The van der Waals surface area contributed by atoms with Crippen LogP contribution in [0.5, 0.6) is 0 Å². The molecule has 0 aromatic carbocycles. The van der Waals surface area contributed by atoms with Crippen molar-refractivity contribution in [3.05, 3.63) is 17.5 Å². The quantitative estimate of drug-likeness (QED) is 0.698. The summed E-state index contributed by atoms with van der Waals surface area (Å²) in [6.07, 6.45) is 4.86. The van der Waals surface area contributed by atoms with E-state index in [1.807, 2.05) is 25.2 Å². The summed E-state index contributed by atoms with van der Waals surface area (Å²) in [7, 11) is 3.91. The summed E-state index contributed by atoms with van der Waals surface area (Å²) in [6, 6.07) is 0.288. The van der Waals surface area contributed by atoms with Crippen molar-refractivity contribution in [2.75, 3.05) is 19.0 Å². The van der Waals surface area contributed by atoms with E-state index in [2.05, 4.69) is 9.97 Å². The first-order valence-corrected chi connectivity index (χ1v) is 4.94. The second-order valence-corrected chi connectivity index (χ2v) is 4.04. The van der Waals surface area contributed by atoms with Gasteiger partial charge in [0.2, 0.25) is 5.95 Å². The lowest BCUT2D eigenvalue weighted by atomic mass is 9.94. The summed E-state index contributed by atoms with van der Waals surface area (Å²) >= 11 is 0. The van der Waals surface area contributed by atoms with Crippen LogP contribution in [0, 0.1) is 0 Å². The van der Waals surface area contributed by atoms with Gasteiger partial charge in [-0.15, -0.1) is 0 Å². The lowest BCUT2D eigenvalue weighted by molar-refractivity contribution is 0.563. The Bertz CT molecular complexity index is 335. The summed E-state index contributed by atoms with van der Waals surface area (Å²) < 4.78 is 0. The predicted molar refractivity (Wildman–Crippen MR) is 56.4 cm³/mol. The molecule has 76 valence electrons. The topological polar surface area (TPSA) is 55.0 Å². The van der Waals surface area contributed by atoms with Gasteiger partial charge in [-0.2, -0.15) is 0 Å². The molecule has 4 heteroatoms. The van der Waals surface area contributed by atoms with E-state index in [4.69, 9.17) is 5.73 Å². The third-order valence-corrected chi connectivity index (χ3v) is 2.58. The van der Waals surface area contributed by atoms with Crippen molar-refractivity contribution in [3.8, 4) is 0 Å². The van der Waals surface area contributed by atoms with Gasteiger partial charge in [0.05, 0.1) is 0 Å². The summed E-state index contributed by atoms with van der Waals surface area (Å²) in [5.74, 6) is 0.791. The molecule has 0 saturated heterocycles. The molecule has 0 aliphatic heterocycles. The fourth-order valence-corrected chi connectivity index (χ4v) is 1.74. The van der Waals surface area contributed by atoms with Crippen molar-refractivity contribution in [3.63, 3.8) is 0 Å². The average molecular weight is 192 g/mol. The molecule has 1 heterocycles. The number of nitrogens with two attached hydrogens (primary N) is 1. The van der Waals surface area contributed by atoms with Gasteiger partial charge in [-0.05, 0) is 24.8 Å². The Morgan fingerprint density at radius 3 is 3.00 bits per heavy atom. The van der Waals surface area contributed by atoms with E-state index in [-0.39, 0.29) is 6.04 Å². The van der Waals surface area contributed by atoms with Crippen LogP contribution >= 0.6 is 0 Å². The summed E-state index contributed by atoms with van der Waals surface area (Å²) in [5.41, 5.74) is 8.27. The van der Waals surface area contributed by atoms with E-state index >= 15 is 0 Å². The van der Waals surface area contributed by atoms with E-state index in [1.165, 1.54) is 11.3 Å². The lowest BCUT2D eigenvalue weighted by Crippen LogP contribution is -2.29. The number of aromatic nitrogens is 2. The molecule has 1 aliphatic rings. The Balaban J connectivity index is 2.31. The SMILES string of the molecule is CN(C)c1ncc2c(n1)CC[C@H](N)C2. The molecule has 0 unspecified atom stereocenters. The number of fused-ring (bicyclic) bond motifs is 1. The predicted octanol–water partition coefficient (Wildman–Crippen LogP) is 0.359. The normalized spacial score (nSPS) is 20.4. The zero-order valence-electron chi connectivity index (χ0n) is 8.70. The number of hydrogen-bond acceptors (Lipinski definition) is 4. The smallest absolute Gasteiger partial charge is 0.224 e. The minimum atomic E-state index is 0.288. The molecule has 0 fully saturated rings. The first kappa shape index (κ1) is 9.40. The molecule has 0 amide bonds. The highest BCUT2D eigenvalue weighted by atomic mass is 15.2. The second-order valence-electron chi connectivity index (χ2n) is 4.04. The maximum Gasteiger partial charge on any atom is 0.224 e. The number of nitrogens with zero attached hydrogens (tertiary/aromatic N) is 3. The van der Waals surface area contributed by atoms with Crippen molar-refractivity contribution in [1.29, 1.82) is 0 Å². The highest BCUT2D eigenvalue weighted by Crippen LogP contribution is 2.19. The van der Waals surface area contributed by atoms with E-state index < -0.39 is 0 Å². The standard InChI is InChI=1S/C10H16N4/c1-14(2)10-12-6-7-5-8(11)3-4-9(7)13-10/h6,8H,3-5,11H2,1-2H3/t8-/m0/s1. The number of aryl methyl sites for hydroxylation is 1.